The van der Waals surface area contributed by atoms with E-state index in [1.54, 1.807) is 6.07 Å². The first kappa shape index (κ1) is 17.4. The fourth-order valence-electron chi connectivity index (χ4n) is 4.17. The molecular weight excluding hydrogens is 358 g/mol. The van der Waals surface area contributed by atoms with Gasteiger partial charge in [-0.2, -0.15) is 0 Å². The van der Waals surface area contributed by atoms with Crippen molar-refractivity contribution < 1.29 is 17.2 Å². The first-order valence-electron chi connectivity index (χ1n) is 8.58. The molecule has 2 heterocycles. The molecule has 0 aliphatic carbocycles. The largest absolute Gasteiger partial charge is 0.306 e. The van der Waals surface area contributed by atoms with Gasteiger partial charge >= 0.3 is 0 Å². The molecule has 0 unspecified atom stereocenters. The van der Waals surface area contributed by atoms with Crippen molar-refractivity contribution in [2.75, 3.05) is 24.4 Å². The lowest BCUT2D eigenvalue weighted by Gasteiger charge is -2.36. The SMILES string of the molecule is Cc1ccc2c(c1)[C@H]1CN(C)CC[C@@H]1N2S(=O)(=O)c1c(F)cccc1F. The number of halogens is 2. The molecule has 1 fully saturated rings. The van der Waals surface area contributed by atoms with Gasteiger partial charge in [0.25, 0.3) is 10.0 Å². The Morgan fingerprint density at radius 3 is 2.50 bits per heavy atom. The average molecular weight is 378 g/mol. The second-order valence-electron chi connectivity index (χ2n) is 7.14. The Bertz CT molecular complexity index is 957. The topological polar surface area (TPSA) is 40.6 Å². The van der Waals surface area contributed by atoms with Crippen molar-refractivity contribution in [1.29, 1.82) is 0 Å². The fraction of sp³-hybridized carbons (Fsp3) is 0.368. The summed E-state index contributed by atoms with van der Waals surface area (Å²) in [7, 11) is -2.35. The number of sulfonamides is 1. The third kappa shape index (κ3) is 2.53. The Labute approximate surface area is 152 Å². The predicted molar refractivity (Wildman–Crippen MR) is 95.8 cm³/mol. The number of hydrogen-bond donors (Lipinski definition) is 0. The monoisotopic (exact) mass is 378 g/mol. The lowest BCUT2D eigenvalue weighted by atomic mass is 9.89. The summed E-state index contributed by atoms with van der Waals surface area (Å²) in [4.78, 5) is 1.29. The van der Waals surface area contributed by atoms with E-state index in [-0.39, 0.29) is 12.0 Å². The molecule has 2 atom stereocenters. The van der Waals surface area contributed by atoms with Crippen LogP contribution in [0.15, 0.2) is 41.3 Å². The maximum absolute atomic E-state index is 14.3. The molecule has 2 aliphatic heterocycles. The zero-order chi connectivity index (χ0) is 18.6. The lowest BCUT2D eigenvalue weighted by Crippen LogP contribution is -2.47. The molecule has 0 bridgehead atoms. The number of likely N-dealkylation sites (N-methyl/N-ethyl adjacent to an activating group) is 1. The van der Waals surface area contributed by atoms with Crippen molar-refractivity contribution in [2.45, 2.75) is 30.2 Å². The van der Waals surface area contributed by atoms with Gasteiger partial charge in [0.1, 0.15) is 11.6 Å². The number of rotatable bonds is 2. The van der Waals surface area contributed by atoms with Crippen LogP contribution in [0.3, 0.4) is 0 Å². The minimum atomic E-state index is -4.35. The highest BCUT2D eigenvalue weighted by Crippen LogP contribution is 2.47. The van der Waals surface area contributed by atoms with Gasteiger partial charge in [0.2, 0.25) is 0 Å². The molecular formula is C19H20F2N2O2S. The Morgan fingerprint density at radius 1 is 1.12 bits per heavy atom. The van der Waals surface area contributed by atoms with E-state index in [1.165, 1.54) is 10.4 Å². The molecule has 0 amide bonds. The van der Waals surface area contributed by atoms with E-state index in [2.05, 4.69) is 4.90 Å². The molecule has 0 saturated carbocycles. The number of benzene rings is 2. The third-order valence-corrected chi connectivity index (χ3v) is 7.23. The van der Waals surface area contributed by atoms with Crippen LogP contribution in [0.2, 0.25) is 0 Å². The quantitative estimate of drug-likeness (QED) is 0.805. The van der Waals surface area contributed by atoms with Crippen LogP contribution in [0, 0.1) is 18.6 Å². The van der Waals surface area contributed by atoms with Crippen molar-refractivity contribution in [3.8, 4) is 0 Å². The predicted octanol–water partition coefficient (Wildman–Crippen LogP) is 3.27. The summed E-state index contributed by atoms with van der Waals surface area (Å²) in [6, 6.07) is 8.37. The summed E-state index contributed by atoms with van der Waals surface area (Å²) in [6.07, 6.45) is 0.615. The Hall–Kier alpha value is -1.99. The van der Waals surface area contributed by atoms with Crippen molar-refractivity contribution in [3.63, 3.8) is 0 Å². The second-order valence-corrected chi connectivity index (χ2v) is 8.89. The van der Waals surface area contributed by atoms with Gasteiger partial charge in [-0.05, 0) is 50.7 Å². The molecule has 0 radical (unpaired) electrons. The minimum Gasteiger partial charge on any atom is -0.306 e. The third-order valence-electron chi connectivity index (χ3n) is 5.34. The van der Waals surface area contributed by atoms with E-state index in [1.807, 2.05) is 26.1 Å². The van der Waals surface area contributed by atoms with E-state index in [0.29, 0.717) is 18.7 Å². The number of hydrogen-bond acceptors (Lipinski definition) is 3. The number of anilines is 1. The summed E-state index contributed by atoms with van der Waals surface area (Å²) in [6.45, 7) is 3.41. The summed E-state index contributed by atoms with van der Waals surface area (Å²) in [5, 5.41) is 0. The Balaban J connectivity index is 1.91. The van der Waals surface area contributed by atoms with Crippen LogP contribution in [-0.2, 0) is 10.0 Å². The summed E-state index contributed by atoms with van der Waals surface area (Å²) in [5.41, 5.74) is 2.50. The second kappa shape index (κ2) is 6.03. The molecule has 4 nitrogen and oxygen atoms in total. The van der Waals surface area contributed by atoms with Gasteiger partial charge in [-0.1, -0.05) is 23.8 Å². The van der Waals surface area contributed by atoms with Crippen LogP contribution in [0.4, 0.5) is 14.5 Å². The van der Waals surface area contributed by atoms with Crippen LogP contribution in [0.1, 0.15) is 23.5 Å². The number of likely N-dealkylation sites (tertiary alicyclic amines) is 1. The van der Waals surface area contributed by atoms with Gasteiger partial charge in [0.15, 0.2) is 4.90 Å². The zero-order valence-electron chi connectivity index (χ0n) is 14.6. The van der Waals surface area contributed by atoms with Gasteiger partial charge in [-0.15, -0.1) is 0 Å². The number of piperidine rings is 1. The van der Waals surface area contributed by atoms with E-state index < -0.39 is 26.6 Å². The average Bonchev–Trinajstić information content (AvgIpc) is 2.88. The molecule has 7 heteroatoms. The summed E-state index contributed by atoms with van der Waals surface area (Å²) in [5.74, 6) is -2.13. The molecule has 26 heavy (non-hydrogen) atoms. The number of nitrogens with zero attached hydrogens (tertiary/aromatic N) is 2. The van der Waals surface area contributed by atoms with Crippen LogP contribution in [0.5, 0.6) is 0 Å². The van der Waals surface area contributed by atoms with Crippen LogP contribution < -0.4 is 4.31 Å². The molecule has 0 spiro atoms. The van der Waals surface area contributed by atoms with Crippen molar-refractivity contribution in [1.82, 2.24) is 4.90 Å². The highest BCUT2D eigenvalue weighted by molar-refractivity contribution is 7.93. The fourth-order valence-corrected chi connectivity index (χ4v) is 6.03. The Kier molecular flexibility index (Phi) is 4.04. The van der Waals surface area contributed by atoms with Crippen molar-refractivity contribution in [3.05, 3.63) is 59.2 Å². The molecule has 1 saturated heterocycles. The van der Waals surface area contributed by atoms with Gasteiger partial charge in [-0.3, -0.25) is 4.31 Å². The van der Waals surface area contributed by atoms with Crippen LogP contribution >= 0.6 is 0 Å². The summed E-state index contributed by atoms with van der Waals surface area (Å²) < 4.78 is 56.4. The first-order valence-corrected chi connectivity index (χ1v) is 10.0. The lowest BCUT2D eigenvalue weighted by molar-refractivity contribution is 0.237. The normalized spacial score (nSPS) is 23.0. The molecule has 0 aromatic heterocycles. The van der Waals surface area contributed by atoms with Crippen LogP contribution in [0.25, 0.3) is 0 Å². The van der Waals surface area contributed by atoms with Gasteiger partial charge in [0, 0.05) is 12.5 Å². The molecule has 2 aromatic rings. The minimum absolute atomic E-state index is 0.00624. The van der Waals surface area contributed by atoms with E-state index in [0.717, 1.165) is 29.8 Å². The maximum Gasteiger partial charge on any atom is 0.270 e. The zero-order valence-corrected chi connectivity index (χ0v) is 15.4. The summed E-state index contributed by atoms with van der Waals surface area (Å²) >= 11 is 0. The van der Waals surface area contributed by atoms with E-state index >= 15 is 0 Å². The molecule has 0 N–H and O–H groups in total. The van der Waals surface area contributed by atoms with Gasteiger partial charge < -0.3 is 4.90 Å². The van der Waals surface area contributed by atoms with E-state index in [9.17, 15) is 17.2 Å². The molecule has 2 aromatic carbocycles. The molecule has 2 aliphatic rings. The van der Waals surface area contributed by atoms with Gasteiger partial charge in [0.05, 0.1) is 11.7 Å². The highest BCUT2D eigenvalue weighted by Gasteiger charge is 2.47. The number of aryl methyl sites for hydroxylation is 1. The molecule has 4 rings (SSSR count). The Morgan fingerprint density at radius 2 is 1.81 bits per heavy atom. The standard InChI is InChI=1S/C19H20F2N2O2S/c1-12-6-7-17-13(10-12)14-11-22(2)9-8-18(14)23(17)26(24,25)19-15(20)4-3-5-16(19)21/h3-7,10,14,18H,8-9,11H2,1-2H3/t14-,18+/m1/s1. The van der Waals surface area contributed by atoms with Crippen molar-refractivity contribution in [2.24, 2.45) is 0 Å². The first-order chi connectivity index (χ1) is 12.3. The van der Waals surface area contributed by atoms with Crippen LogP contribution in [-0.4, -0.2) is 39.5 Å². The van der Waals surface area contributed by atoms with Crippen molar-refractivity contribution >= 4 is 15.7 Å². The van der Waals surface area contributed by atoms with E-state index in [4.69, 9.17) is 0 Å². The smallest absolute Gasteiger partial charge is 0.270 e. The van der Waals surface area contributed by atoms with Gasteiger partial charge in [-0.25, -0.2) is 17.2 Å². The maximum atomic E-state index is 14.3. The highest BCUT2D eigenvalue weighted by atomic mass is 32.2. The molecule has 138 valence electrons. The number of fused-ring (bicyclic) bond motifs is 3.